The summed E-state index contributed by atoms with van der Waals surface area (Å²) in [4.78, 5) is 11.2. The maximum absolute atomic E-state index is 11.2. The van der Waals surface area contributed by atoms with Crippen molar-refractivity contribution in [2.75, 3.05) is 7.11 Å². The molecule has 0 unspecified atom stereocenters. The highest BCUT2D eigenvalue weighted by Crippen LogP contribution is 2.06. The van der Waals surface area contributed by atoms with Crippen LogP contribution in [-0.4, -0.2) is 22.9 Å². The second kappa shape index (κ2) is 4.01. The van der Waals surface area contributed by atoms with Crippen molar-refractivity contribution in [3.05, 3.63) is 17.5 Å². The quantitative estimate of drug-likeness (QED) is 0.364. The fraction of sp³-hybridized carbons (Fsp3) is 0.429. The average molecular weight is 184 g/mol. The van der Waals surface area contributed by atoms with Gasteiger partial charge in [-0.05, 0) is 0 Å². The number of hydrogen-bond acceptors (Lipinski definition) is 5. The molecule has 1 aromatic heterocycles. The second-order valence-electron chi connectivity index (χ2n) is 2.55. The van der Waals surface area contributed by atoms with E-state index in [0.717, 1.165) is 5.56 Å². The predicted octanol–water partition coefficient (Wildman–Crippen LogP) is -0.830. The Morgan fingerprint density at radius 3 is 3.08 bits per heavy atom. The Morgan fingerprint density at radius 1 is 1.85 bits per heavy atom. The van der Waals surface area contributed by atoms with Crippen molar-refractivity contribution in [3.63, 3.8) is 0 Å². The summed E-state index contributed by atoms with van der Waals surface area (Å²) < 4.78 is 6.09. The number of methoxy groups -OCH3 is 1. The third kappa shape index (κ3) is 2.04. The molecule has 0 bridgehead atoms. The summed E-state index contributed by atoms with van der Waals surface area (Å²) in [5, 5.41) is 3.95. The highest BCUT2D eigenvalue weighted by Gasteiger charge is 2.15. The number of rotatable bonds is 3. The summed E-state index contributed by atoms with van der Waals surface area (Å²) in [5.74, 6) is 4.69. The largest absolute Gasteiger partial charge is 0.464 e. The zero-order valence-corrected chi connectivity index (χ0v) is 7.57. The molecule has 13 heavy (non-hydrogen) atoms. The molecule has 1 aromatic rings. The first kappa shape index (κ1) is 9.69. The first-order valence-corrected chi connectivity index (χ1v) is 3.73. The smallest absolute Gasteiger partial charge is 0.358 e. The van der Waals surface area contributed by atoms with Crippen LogP contribution >= 0.6 is 0 Å². The lowest BCUT2D eigenvalue weighted by atomic mass is 10.2. The molecule has 3 N–H and O–H groups in total. The van der Waals surface area contributed by atoms with Crippen molar-refractivity contribution in [1.29, 1.82) is 0 Å². The molecule has 0 aliphatic heterocycles. The van der Waals surface area contributed by atoms with Crippen LogP contribution in [0.2, 0.25) is 0 Å². The fourth-order valence-electron chi connectivity index (χ4n) is 1.05. The molecule has 6 heteroatoms. The monoisotopic (exact) mass is 184 g/mol. The van der Waals surface area contributed by atoms with Crippen molar-refractivity contribution in [3.8, 4) is 0 Å². The van der Waals surface area contributed by atoms with Gasteiger partial charge in [0.05, 0.1) is 7.11 Å². The molecule has 0 fully saturated rings. The topological polar surface area (TPSA) is 82.2 Å². The van der Waals surface area contributed by atoms with E-state index < -0.39 is 5.97 Å². The molecular weight excluding hydrogens is 172 g/mol. The first-order valence-electron chi connectivity index (χ1n) is 3.73. The SMILES string of the molecule is COC(=O)c1nn(C)cc1CNN. The Balaban J connectivity index is 2.96. The van der Waals surface area contributed by atoms with Crippen molar-refractivity contribution < 1.29 is 9.53 Å². The molecule has 6 nitrogen and oxygen atoms in total. The van der Waals surface area contributed by atoms with Gasteiger partial charge in [0.2, 0.25) is 0 Å². The van der Waals surface area contributed by atoms with Crippen molar-refractivity contribution in [2.45, 2.75) is 6.54 Å². The van der Waals surface area contributed by atoms with Crippen LogP contribution in [0.25, 0.3) is 0 Å². The van der Waals surface area contributed by atoms with Crippen LogP contribution in [0.15, 0.2) is 6.20 Å². The molecule has 1 heterocycles. The Labute approximate surface area is 75.6 Å². The van der Waals surface area contributed by atoms with Crippen LogP contribution in [0, 0.1) is 0 Å². The van der Waals surface area contributed by atoms with Gasteiger partial charge in [-0.2, -0.15) is 5.10 Å². The zero-order chi connectivity index (χ0) is 9.84. The summed E-state index contributed by atoms with van der Waals surface area (Å²) >= 11 is 0. The van der Waals surface area contributed by atoms with E-state index in [-0.39, 0.29) is 0 Å². The molecule has 0 amide bonds. The lowest BCUT2D eigenvalue weighted by Crippen LogP contribution is -2.22. The number of ether oxygens (including phenoxy) is 1. The van der Waals surface area contributed by atoms with Crippen LogP contribution < -0.4 is 11.3 Å². The fourth-order valence-corrected chi connectivity index (χ4v) is 1.05. The molecule has 0 atom stereocenters. The van der Waals surface area contributed by atoms with Crippen molar-refractivity contribution in [2.24, 2.45) is 12.9 Å². The van der Waals surface area contributed by atoms with Gasteiger partial charge in [0.15, 0.2) is 5.69 Å². The van der Waals surface area contributed by atoms with E-state index >= 15 is 0 Å². The number of hydrogen-bond donors (Lipinski definition) is 2. The van der Waals surface area contributed by atoms with E-state index in [0.29, 0.717) is 12.2 Å². The maximum Gasteiger partial charge on any atom is 0.358 e. The van der Waals surface area contributed by atoms with Gasteiger partial charge in [-0.1, -0.05) is 0 Å². The number of hydrazine groups is 1. The molecule has 72 valence electrons. The molecule has 0 radical (unpaired) electrons. The van der Waals surface area contributed by atoms with Gasteiger partial charge in [-0.25, -0.2) is 4.79 Å². The van der Waals surface area contributed by atoms with Gasteiger partial charge in [0, 0.05) is 25.4 Å². The second-order valence-corrected chi connectivity index (χ2v) is 2.55. The summed E-state index contributed by atoms with van der Waals surface area (Å²) in [6.07, 6.45) is 1.71. The average Bonchev–Trinajstić information content (AvgIpc) is 2.46. The van der Waals surface area contributed by atoms with Crippen LogP contribution in [-0.2, 0) is 18.3 Å². The van der Waals surface area contributed by atoms with E-state index in [9.17, 15) is 4.79 Å². The molecule has 0 saturated heterocycles. The molecular formula is C7H12N4O2. The Bertz CT molecular complexity index is 307. The number of esters is 1. The summed E-state index contributed by atoms with van der Waals surface area (Å²) in [6.45, 7) is 0.387. The molecule has 0 saturated carbocycles. The summed E-state index contributed by atoms with van der Waals surface area (Å²) in [7, 11) is 3.04. The van der Waals surface area contributed by atoms with Gasteiger partial charge < -0.3 is 4.74 Å². The highest BCUT2D eigenvalue weighted by atomic mass is 16.5. The first-order chi connectivity index (χ1) is 6.19. The van der Waals surface area contributed by atoms with Crippen LogP contribution in [0.1, 0.15) is 16.1 Å². The Morgan fingerprint density at radius 2 is 2.54 bits per heavy atom. The number of nitrogens with one attached hydrogen (secondary N) is 1. The minimum absolute atomic E-state index is 0.294. The van der Waals surface area contributed by atoms with Crippen LogP contribution in [0.3, 0.4) is 0 Å². The maximum atomic E-state index is 11.2. The molecule has 0 aliphatic carbocycles. The number of carbonyl (C=O) groups is 1. The lowest BCUT2D eigenvalue weighted by Gasteiger charge is -1.98. The molecule has 0 aromatic carbocycles. The van der Waals surface area contributed by atoms with Crippen molar-refractivity contribution in [1.82, 2.24) is 15.2 Å². The van der Waals surface area contributed by atoms with Crippen LogP contribution in [0.5, 0.6) is 0 Å². The molecule has 0 aliphatic rings. The number of nitrogens with zero attached hydrogens (tertiary/aromatic N) is 2. The van der Waals surface area contributed by atoms with Gasteiger partial charge in [0.25, 0.3) is 0 Å². The molecule has 1 rings (SSSR count). The van der Waals surface area contributed by atoms with Gasteiger partial charge in [-0.15, -0.1) is 0 Å². The summed E-state index contributed by atoms with van der Waals surface area (Å²) in [5.41, 5.74) is 3.47. The predicted molar refractivity (Wildman–Crippen MR) is 45.6 cm³/mol. The number of nitrogens with two attached hydrogens (primary N) is 1. The number of carbonyl (C=O) groups excluding carboxylic acids is 1. The minimum atomic E-state index is -0.453. The Kier molecular flexibility index (Phi) is 2.99. The number of aromatic nitrogens is 2. The van der Waals surface area contributed by atoms with E-state index in [1.54, 1.807) is 17.9 Å². The zero-order valence-electron chi connectivity index (χ0n) is 7.57. The van der Waals surface area contributed by atoms with Crippen molar-refractivity contribution >= 4 is 5.97 Å². The van der Waals surface area contributed by atoms with Gasteiger partial charge >= 0.3 is 5.97 Å². The highest BCUT2D eigenvalue weighted by molar-refractivity contribution is 5.88. The standard InChI is InChI=1S/C7H12N4O2/c1-11-4-5(3-9-8)6(10-11)7(12)13-2/h4,9H,3,8H2,1-2H3. The van der Waals surface area contributed by atoms with Gasteiger partial charge in [-0.3, -0.25) is 16.0 Å². The van der Waals surface area contributed by atoms with Gasteiger partial charge in [0.1, 0.15) is 0 Å². The van der Waals surface area contributed by atoms with E-state index in [4.69, 9.17) is 5.84 Å². The third-order valence-corrected chi connectivity index (χ3v) is 1.58. The minimum Gasteiger partial charge on any atom is -0.464 e. The Hall–Kier alpha value is -1.40. The lowest BCUT2D eigenvalue weighted by molar-refractivity contribution is 0.0592. The van der Waals surface area contributed by atoms with Crippen LogP contribution in [0.4, 0.5) is 0 Å². The van der Waals surface area contributed by atoms with E-state index in [2.05, 4.69) is 15.3 Å². The molecule has 0 spiro atoms. The third-order valence-electron chi connectivity index (χ3n) is 1.58. The van der Waals surface area contributed by atoms with E-state index in [1.165, 1.54) is 7.11 Å². The normalized spacial score (nSPS) is 10.1. The number of aryl methyl sites for hydroxylation is 1. The van der Waals surface area contributed by atoms with E-state index in [1.807, 2.05) is 0 Å². The summed E-state index contributed by atoms with van der Waals surface area (Å²) in [6, 6.07) is 0.